The number of benzene rings is 1. The molecule has 3 rings (SSSR count). The summed E-state index contributed by atoms with van der Waals surface area (Å²) in [6.07, 6.45) is 0. The van der Waals surface area contributed by atoms with Gasteiger partial charge in [0.15, 0.2) is 5.82 Å². The molecule has 1 aromatic carbocycles. The van der Waals surface area contributed by atoms with E-state index in [1.807, 2.05) is 55.6 Å². The van der Waals surface area contributed by atoms with E-state index in [-0.39, 0.29) is 11.2 Å². The number of hydrogen-bond acceptors (Lipinski definition) is 5. The first-order valence-corrected chi connectivity index (χ1v) is 8.89. The summed E-state index contributed by atoms with van der Waals surface area (Å²) < 4.78 is 0. The Morgan fingerprint density at radius 3 is 2.87 bits per heavy atom. The van der Waals surface area contributed by atoms with Gasteiger partial charge in [-0.2, -0.15) is 0 Å². The molecular formula is C16H16N4OS2. The van der Waals surface area contributed by atoms with Crippen LogP contribution in [0.5, 0.6) is 0 Å². The molecule has 0 saturated carbocycles. The monoisotopic (exact) mass is 344 g/mol. The lowest BCUT2D eigenvalue weighted by atomic mass is 10.2. The number of thioether (sulfide) groups is 1. The summed E-state index contributed by atoms with van der Waals surface area (Å²) in [5.41, 5.74) is 1.87. The zero-order valence-electron chi connectivity index (χ0n) is 12.7. The van der Waals surface area contributed by atoms with Crippen molar-refractivity contribution in [2.75, 3.05) is 5.32 Å². The molecular weight excluding hydrogens is 328 g/mol. The van der Waals surface area contributed by atoms with Gasteiger partial charge in [-0.15, -0.1) is 16.4 Å². The molecule has 0 spiro atoms. The van der Waals surface area contributed by atoms with Gasteiger partial charge in [-0.1, -0.05) is 36.0 Å². The summed E-state index contributed by atoms with van der Waals surface area (Å²) in [4.78, 5) is 17.8. The molecule has 0 aliphatic carbocycles. The topological polar surface area (TPSA) is 70.7 Å². The van der Waals surface area contributed by atoms with Crippen LogP contribution in [0.4, 0.5) is 5.69 Å². The predicted molar refractivity (Wildman–Crippen MR) is 94.8 cm³/mol. The van der Waals surface area contributed by atoms with Crippen molar-refractivity contribution in [3.8, 4) is 10.7 Å². The van der Waals surface area contributed by atoms with Gasteiger partial charge in [0.2, 0.25) is 11.1 Å². The number of hydrogen-bond donors (Lipinski definition) is 2. The first-order valence-electron chi connectivity index (χ1n) is 7.13. The van der Waals surface area contributed by atoms with Gasteiger partial charge in [0.05, 0.1) is 10.1 Å². The minimum absolute atomic E-state index is 0.0632. The van der Waals surface area contributed by atoms with E-state index in [2.05, 4.69) is 20.5 Å². The van der Waals surface area contributed by atoms with Gasteiger partial charge in [0, 0.05) is 5.69 Å². The lowest BCUT2D eigenvalue weighted by Gasteiger charge is -2.11. The summed E-state index contributed by atoms with van der Waals surface area (Å²) in [6.45, 7) is 3.81. The van der Waals surface area contributed by atoms with Crippen LogP contribution in [0, 0.1) is 6.92 Å². The van der Waals surface area contributed by atoms with Gasteiger partial charge in [-0.05, 0) is 36.9 Å². The van der Waals surface area contributed by atoms with Crippen molar-refractivity contribution in [1.82, 2.24) is 15.2 Å². The molecule has 2 N–H and O–H groups in total. The van der Waals surface area contributed by atoms with Crippen molar-refractivity contribution in [1.29, 1.82) is 0 Å². The second-order valence-electron chi connectivity index (χ2n) is 5.01. The van der Waals surface area contributed by atoms with E-state index in [0.717, 1.165) is 22.0 Å². The number of aromatic nitrogens is 3. The van der Waals surface area contributed by atoms with Crippen LogP contribution in [0.15, 0.2) is 46.9 Å². The summed E-state index contributed by atoms with van der Waals surface area (Å²) in [6, 6.07) is 11.7. The molecule has 3 aromatic rings. The van der Waals surface area contributed by atoms with Crippen molar-refractivity contribution in [3.05, 3.63) is 47.3 Å². The largest absolute Gasteiger partial charge is 0.325 e. The fourth-order valence-electron chi connectivity index (χ4n) is 1.98. The number of aromatic amines is 1. The van der Waals surface area contributed by atoms with Crippen LogP contribution in [0.25, 0.3) is 10.7 Å². The molecule has 0 radical (unpaired) electrons. The van der Waals surface area contributed by atoms with E-state index in [9.17, 15) is 4.79 Å². The second-order valence-corrected chi connectivity index (χ2v) is 7.26. The Kier molecular flexibility index (Phi) is 4.78. The van der Waals surface area contributed by atoms with Crippen molar-refractivity contribution in [2.45, 2.75) is 24.3 Å². The van der Waals surface area contributed by atoms with Crippen molar-refractivity contribution < 1.29 is 4.79 Å². The number of H-pyrrole nitrogens is 1. The number of nitrogens with zero attached hydrogens (tertiary/aromatic N) is 2. The first kappa shape index (κ1) is 15.8. The molecule has 2 heterocycles. The van der Waals surface area contributed by atoms with Gasteiger partial charge in [-0.3, -0.25) is 9.89 Å². The van der Waals surface area contributed by atoms with E-state index in [0.29, 0.717) is 5.16 Å². The zero-order valence-corrected chi connectivity index (χ0v) is 14.4. The van der Waals surface area contributed by atoms with Crippen molar-refractivity contribution in [3.63, 3.8) is 0 Å². The summed E-state index contributed by atoms with van der Waals surface area (Å²) >= 11 is 2.93. The van der Waals surface area contributed by atoms with E-state index in [1.165, 1.54) is 11.8 Å². The number of nitrogens with one attached hydrogen (secondary N) is 2. The Balaban J connectivity index is 1.64. The third-order valence-electron chi connectivity index (χ3n) is 3.27. The van der Waals surface area contributed by atoms with Crippen LogP contribution < -0.4 is 5.32 Å². The van der Waals surface area contributed by atoms with Crippen LogP contribution in [0.2, 0.25) is 0 Å². The van der Waals surface area contributed by atoms with E-state index >= 15 is 0 Å². The fourth-order valence-corrected chi connectivity index (χ4v) is 3.37. The number of rotatable bonds is 5. The Morgan fingerprint density at radius 1 is 1.30 bits per heavy atom. The number of carbonyl (C=O) groups excluding carboxylic acids is 1. The molecule has 0 saturated heterocycles. The fraction of sp³-hybridized carbons (Fsp3) is 0.188. The van der Waals surface area contributed by atoms with Crippen LogP contribution in [-0.2, 0) is 4.79 Å². The summed E-state index contributed by atoms with van der Waals surface area (Å²) in [5.74, 6) is 0.667. The van der Waals surface area contributed by atoms with E-state index < -0.39 is 0 Å². The second kappa shape index (κ2) is 6.97. The molecule has 23 heavy (non-hydrogen) atoms. The van der Waals surface area contributed by atoms with Gasteiger partial charge in [0.1, 0.15) is 0 Å². The normalized spacial score (nSPS) is 12.1. The third-order valence-corrected chi connectivity index (χ3v) is 5.11. The first-order chi connectivity index (χ1) is 11.1. The number of amides is 1. The molecule has 0 aliphatic heterocycles. The van der Waals surface area contributed by atoms with Crippen molar-refractivity contribution in [2.24, 2.45) is 0 Å². The highest BCUT2D eigenvalue weighted by Crippen LogP contribution is 2.26. The van der Waals surface area contributed by atoms with Crippen LogP contribution in [0.1, 0.15) is 12.5 Å². The summed E-state index contributed by atoms with van der Waals surface area (Å²) in [7, 11) is 0. The molecule has 5 nitrogen and oxygen atoms in total. The number of carbonyl (C=O) groups is 1. The predicted octanol–water partition coefficient (Wildman–Crippen LogP) is 3.96. The van der Waals surface area contributed by atoms with Crippen molar-refractivity contribution >= 4 is 34.7 Å². The molecule has 118 valence electrons. The minimum Gasteiger partial charge on any atom is -0.325 e. The standard InChI is InChI=1S/C16H16N4OS2/c1-10-6-3-4-7-12(10)17-15(21)11(2)23-16-18-14(19-20-16)13-8-5-9-22-13/h3-9,11H,1-2H3,(H,17,21)(H,18,19,20)/t11-/m0/s1. The zero-order chi connectivity index (χ0) is 16.2. The molecule has 0 fully saturated rings. The summed E-state index contributed by atoms with van der Waals surface area (Å²) in [5, 5.41) is 12.3. The number of aryl methyl sites for hydroxylation is 1. The molecule has 0 unspecified atom stereocenters. The molecule has 2 aromatic heterocycles. The lowest BCUT2D eigenvalue weighted by Crippen LogP contribution is -2.22. The van der Waals surface area contributed by atoms with Crippen LogP contribution in [-0.4, -0.2) is 26.3 Å². The number of anilines is 1. The minimum atomic E-state index is -0.290. The van der Waals surface area contributed by atoms with E-state index in [4.69, 9.17) is 0 Å². The highest BCUT2D eigenvalue weighted by molar-refractivity contribution is 8.00. The molecule has 0 bridgehead atoms. The molecule has 1 amide bonds. The van der Waals surface area contributed by atoms with Crippen LogP contribution >= 0.6 is 23.1 Å². The maximum Gasteiger partial charge on any atom is 0.237 e. The quantitative estimate of drug-likeness (QED) is 0.687. The molecule has 1 atom stereocenters. The maximum atomic E-state index is 12.3. The van der Waals surface area contributed by atoms with E-state index in [1.54, 1.807) is 11.3 Å². The van der Waals surface area contributed by atoms with Gasteiger partial charge < -0.3 is 5.32 Å². The van der Waals surface area contributed by atoms with Gasteiger partial charge in [-0.25, -0.2) is 4.98 Å². The third kappa shape index (κ3) is 3.80. The smallest absolute Gasteiger partial charge is 0.237 e. The maximum absolute atomic E-state index is 12.3. The Hall–Kier alpha value is -2.12. The molecule has 7 heteroatoms. The average molecular weight is 344 g/mol. The Labute approximate surface area is 142 Å². The molecule has 0 aliphatic rings. The van der Waals surface area contributed by atoms with Gasteiger partial charge >= 0.3 is 0 Å². The lowest BCUT2D eigenvalue weighted by molar-refractivity contribution is -0.115. The average Bonchev–Trinajstić information content (AvgIpc) is 3.20. The van der Waals surface area contributed by atoms with Gasteiger partial charge in [0.25, 0.3) is 0 Å². The number of thiophene rings is 1. The Bertz CT molecular complexity index is 798. The van der Waals surface area contributed by atoms with Crippen LogP contribution in [0.3, 0.4) is 0 Å². The highest BCUT2D eigenvalue weighted by Gasteiger charge is 2.18. The Morgan fingerprint density at radius 2 is 2.13 bits per heavy atom. The SMILES string of the molecule is Cc1ccccc1NC(=O)[C@H](C)Sc1n[nH]c(-c2cccs2)n1. The number of para-hydroxylation sites is 1. The highest BCUT2D eigenvalue weighted by atomic mass is 32.2.